The quantitative estimate of drug-likeness (QED) is 0.191. The van der Waals surface area contributed by atoms with Crippen LogP contribution in [0.5, 0.6) is 0 Å². The van der Waals surface area contributed by atoms with Crippen LogP contribution in [0, 0.1) is 0 Å². The molecule has 30 heavy (non-hydrogen) atoms. The molecular weight excluding hydrogens is 508 g/mol. The fourth-order valence-corrected chi connectivity index (χ4v) is 3.28. The Morgan fingerprint density at radius 3 is 2.53 bits per heavy atom. The molecule has 6 nitrogen and oxygen atoms in total. The Kier molecular flexibility index (Phi) is 12.4. The molecule has 0 bridgehead atoms. The van der Waals surface area contributed by atoms with Gasteiger partial charge in [0.2, 0.25) is 0 Å². The lowest BCUT2D eigenvalue weighted by Gasteiger charge is -2.32. The maximum Gasteiger partial charge on any atom is 0.417 e. The van der Waals surface area contributed by atoms with Crippen LogP contribution < -0.4 is 16.0 Å². The fraction of sp³-hybridized carbons (Fsp3) is 0.700. The van der Waals surface area contributed by atoms with Gasteiger partial charge in [-0.2, -0.15) is 13.2 Å². The van der Waals surface area contributed by atoms with Crippen LogP contribution in [0.25, 0.3) is 0 Å². The van der Waals surface area contributed by atoms with Crippen molar-refractivity contribution >= 4 is 35.8 Å². The first-order valence-electron chi connectivity index (χ1n) is 10.5. The summed E-state index contributed by atoms with van der Waals surface area (Å²) in [6.07, 6.45) is 0.672. The first-order chi connectivity index (χ1) is 13.9. The molecule has 1 aliphatic rings. The summed E-state index contributed by atoms with van der Waals surface area (Å²) in [6, 6.07) is 2.82. The van der Waals surface area contributed by atoms with E-state index < -0.39 is 11.7 Å². The average Bonchev–Trinajstić information content (AvgIpc) is 2.69. The van der Waals surface area contributed by atoms with Crippen LogP contribution in [0.1, 0.15) is 45.1 Å². The van der Waals surface area contributed by atoms with Gasteiger partial charge in [-0.15, -0.1) is 24.0 Å². The van der Waals surface area contributed by atoms with Gasteiger partial charge in [-0.1, -0.05) is 6.92 Å². The summed E-state index contributed by atoms with van der Waals surface area (Å²) < 4.78 is 37.6. The molecule has 1 aliphatic heterocycles. The van der Waals surface area contributed by atoms with Gasteiger partial charge in [0.25, 0.3) is 0 Å². The van der Waals surface area contributed by atoms with E-state index in [1.807, 2.05) is 6.92 Å². The van der Waals surface area contributed by atoms with Crippen molar-refractivity contribution in [2.24, 2.45) is 4.99 Å². The number of nitrogens with zero attached hydrogens (tertiary/aromatic N) is 3. The maximum absolute atomic E-state index is 12.5. The monoisotopic (exact) mass is 542 g/mol. The van der Waals surface area contributed by atoms with Gasteiger partial charge >= 0.3 is 6.18 Å². The van der Waals surface area contributed by atoms with Crippen LogP contribution in [0.3, 0.4) is 0 Å². The molecule has 0 atom stereocenters. The summed E-state index contributed by atoms with van der Waals surface area (Å²) in [5.74, 6) is 1.26. The molecule has 0 spiro atoms. The zero-order chi connectivity index (χ0) is 21.1. The Hall–Kier alpha value is -1.30. The molecule has 172 valence electrons. The van der Waals surface area contributed by atoms with Gasteiger partial charge < -0.3 is 20.9 Å². The van der Waals surface area contributed by atoms with Crippen LogP contribution >= 0.6 is 24.0 Å². The number of hydrogen-bond donors (Lipinski definition) is 3. The van der Waals surface area contributed by atoms with Crippen LogP contribution in [-0.2, 0) is 6.18 Å². The van der Waals surface area contributed by atoms with Crippen LogP contribution in [0.2, 0.25) is 0 Å². The highest BCUT2D eigenvalue weighted by Crippen LogP contribution is 2.28. The number of nitrogens with one attached hydrogen (secondary N) is 3. The molecule has 0 aliphatic carbocycles. The smallest absolute Gasteiger partial charge is 0.370 e. The van der Waals surface area contributed by atoms with E-state index in [2.05, 4.69) is 37.8 Å². The number of aliphatic imine (C=N–C) groups is 1. The third-order valence-corrected chi connectivity index (χ3v) is 4.81. The second-order valence-electron chi connectivity index (χ2n) is 7.23. The fourth-order valence-electron chi connectivity index (χ4n) is 3.28. The minimum Gasteiger partial charge on any atom is -0.370 e. The number of alkyl halides is 3. The van der Waals surface area contributed by atoms with Crippen molar-refractivity contribution in [3.05, 3.63) is 23.9 Å². The van der Waals surface area contributed by atoms with Crippen molar-refractivity contribution < 1.29 is 13.2 Å². The van der Waals surface area contributed by atoms with Crippen LogP contribution in [-0.4, -0.2) is 61.2 Å². The molecule has 1 saturated heterocycles. The molecule has 0 saturated carbocycles. The Morgan fingerprint density at radius 1 is 1.23 bits per heavy atom. The Morgan fingerprint density at radius 2 is 1.97 bits per heavy atom. The Balaban J connectivity index is 0.00000450. The number of piperidine rings is 1. The highest BCUT2D eigenvalue weighted by molar-refractivity contribution is 14.0. The van der Waals surface area contributed by atoms with Gasteiger partial charge in [0, 0.05) is 45.0 Å². The lowest BCUT2D eigenvalue weighted by Crippen LogP contribution is -2.48. The third-order valence-electron chi connectivity index (χ3n) is 4.81. The zero-order valence-electron chi connectivity index (χ0n) is 17.8. The first-order valence-corrected chi connectivity index (χ1v) is 10.5. The minimum atomic E-state index is -4.36. The highest BCUT2D eigenvalue weighted by Gasteiger charge is 2.30. The van der Waals surface area contributed by atoms with E-state index in [0.717, 1.165) is 57.1 Å². The van der Waals surface area contributed by atoms with Crippen molar-refractivity contribution in [1.82, 2.24) is 20.5 Å². The zero-order valence-corrected chi connectivity index (χ0v) is 20.1. The SMILES string of the molecule is CCCN1CCC(NC(=NCCCNc2ccc(C(F)(F)F)cn2)NCC)CC1.I. The average molecular weight is 542 g/mol. The summed E-state index contributed by atoms with van der Waals surface area (Å²) in [4.78, 5) is 10.9. The lowest BCUT2D eigenvalue weighted by molar-refractivity contribution is -0.137. The van der Waals surface area contributed by atoms with E-state index in [-0.39, 0.29) is 24.0 Å². The van der Waals surface area contributed by atoms with E-state index in [9.17, 15) is 13.2 Å². The molecule has 2 heterocycles. The number of likely N-dealkylation sites (tertiary alicyclic amines) is 1. The summed E-state index contributed by atoms with van der Waals surface area (Å²) in [6.45, 7) is 9.68. The number of halogens is 4. The number of hydrogen-bond acceptors (Lipinski definition) is 4. The van der Waals surface area contributed by atoms with Crippen molar-refractivity contribution in [2.75, 3.05) is 44.6 Å². The van der Waals surface area contributed by atoms with E-state index in [0.29, 0.717) is 24.9 Å². The Labute approximate surface area is 194 Å². The van der Waals surface area contributed by atoms with Crippen molar-refractivity contribution in [3.8, 4) is 0 Å². The van der Waals surface area contributed by atoms with E-state index in [1.165, 1.54) is 19.0 Å². The number of guanidine groups is 1. The van der Waals surface area contributed by atoms with Gasteiger partial charge in [-0.3, -0.25) is 4.99 Å². The van der Waals surface area contributed by atoms with E-state index in [4.69, 9.17) is 0 Å². The molecule has 0 unspecified atom stereocenters. The van der Waals surface area contributed by atoms with Gasteiger partial charge in [-0.25, -0.2) is 4.98 Å². The standard InChI is InChI=1S/C20H33F3N6.HI/c1-3-12-29-13-8-17(9-14-29)28-19(24-4-2)26-11-5-10-25-18-7-6-16(15-27-18)20(21,22)23;/h6-7,15,17H,3-5,8-14H2,1-2H3,(H,25,27)(H2,24,26,28);1H. The molecular formula is C20H34F3IN6. The minimum absolute atomic E-state index is 0. The second kappa shape index (κ2) is 13.9. The molecule has 2 rings (SSSR count). The third kappa shape index (κ3) is 9.67. The largest absolute Gasteiger partial charge is 0.417 e. The van der Waals surface area contributed by atoms with E-state index >= 15 is 0 Å². The highest BCUT2D eigenvalue weighted by atomic mass is 127. The van der Waals surface area contributed by atoms with Crippen molar-refractivity contribution in [3.63, 3.8) is 0 Å². The van der Waals surface area contributed by atoms with Crippen molar-refractivity contribution in [2.45, 2.75) is 51.7 Å². The maximum atomic E-state index is 12.5. The van der Waals surface area contributed by atoms with Crippen LogP contribution in [0.4, 0.5) is 19.0 Å². The summed E-state index contributed by atoms with van der Waals surface area (Å²) in [7, 11) is 0. The molecule has 0 amide bonds. The number of rotatable bonds is 9. The molecule has 0 aromatic carbocycles. The second-order valence-corrected chi connectivity index (χ2v) is 7.23. The molecule has 10 heteroatoms. The van der Waals surface area contributed by atoms with Gasteiger partial charge in [0.05, 0.1) is 5.56 Å². The number of aromatic nitrogens is 1. The van der Waals surface area contributed by atoms with Gasteiger partial charge in [0.1, 0.15) is 5.82 Å². The first kappa shape index (κ1) is 26.7. The molecule has 1 aromatic rings. The topological polar surface area (TPSA) is 64.6 Å². The van der Waals surface area contributed by atoms with Gasteiger partial charge in [-0.05, 0) is 51.3 Å². The predicted octanol–water partition coefficient (Wildman–Crippen LogP) is 3.95. The summed E-state index contributed by atoms with van der Waals surface area (Å²) in [5.41, 5.74) is -0.741. The van der Waals surface area contributed by atoms with Crippen molar-refractivity contribution in [1.29, 1.82) is 0 Å². The van der Waals surface area contributed by atoms with Crippen LogP contribution in [0.15, 0.2) is 23.3 Å². The summed E-state index contributed by atoms with van der Waals surface area (Å²) in [5, 5.41) is 9.84. The van der Waals surface area contributed by atoms with E-state index in [1.54, 1.807) is 0 Å². The molecule has 1 fully saturated rings. The predicted molar refractivity (Wildman–Crippen MR) is 127 cm³/mol. The lowest BCUT2D eigenvalue weighted by atomic mass is 10.1. The van der Waals surface area contributed by atoms with Gasteiger partial charge in [0.15, 0.2) is 5.96 Å². The molecule has 3 N–H and O–H groups in total. The molecule has 1 aromatic heterocycles. The molecule has 0 radical (unpaired) electrons. The number of pyridine rings is 1. The Bertz CT molecular complexity index is 616. The normalized spacial score (nSPS) is 16.1. The summed E-state index contributed by atoms with van der Waals surface area (Å²) >= 11 is 0. The number of anilines is 1.